The molecule has 0 amide bonds. The van der Waals surface area contributed by atoms with E-state index in [0.29, 0.717) is 18.5 Å². The van der Waals surface area contributed by atoms with E-state index in [0.717, 1.165) is 34.9 Å². The summed E-state index contributed by atoms with van der Waals surface area (Å²) in [5.41, 5.74) is 1.31. The minimum absolute atomic E-state index is 0.279. The standard InChI is InChI=1S/C15H16BrF2N3/c1-2-3-12-14(16)15-19-7-6-13(21(15)20-12)10-8-9(17)4-5-11(10)18/h4-5,8,13,19H,2-3,6-7H2,1H3. The van der Waals surface area contributed by atoms with Crippen LogP contribution in [0.3, 0.4) is 0 Å². The lowest BCUT2D eigenvalue weighted by Gasteiger charge is -2.26. The average Bonchev–Trinajstić information content (AvgIpc) is 2.79. The molecule has 1 aliphatic heterocycles. The molecule has 0 spiro atoms. The first-order valence-electron chi connectivity index (χ1n) is 7.07. The molecule has 1 aromatic carbocycles. The Labute approximate surface area is 130 Å². The fraction of sp³-hybridized carbons (Fsp3) is 0.400. The van der Waals surface area contributed by atoms with Crippen molar-refractivity contribution in [3.8, 4) is 0 Å². The Hall–Kier alpha value is -1.43. The van der Waals surface area contributed by atoms with Gasteiger partial charge in [-0.25, -0.2) is 13.5 Å². The highest BCUT2D eigenvalue weighted by molar-refractivity contribution is 9.10. The molecule has 1 unspecified atom stereocenters. The van der Waals surface area contributed by atoms with Crippen LogP contribution in [0.4, 0.5) is 14.6 Å². The number of aryl methyl sites for hydroxylation is 1. The predicted octanol–water partition coefficient (Wildman–Crippen LogP) is 4.28. The van der Waals surface area contributed by atoms with Gasteiger partial charge in [-0.2, -0.15) is 5.10 Å². The summed E-state index contributed by atoms with van der Waals surface area (Å²) in [4.78, 5) is 0. The number of halogens is 3. The van der Waals surface area contributed by atoms with Gasteiger partial charge >= 0.3 is 0 Å². The van der Waals surface area contributed by atoms with E-state index in [1.54, 1.807) is 4.68 Å². The van der Waals surface area contributed by atoms with Crippen molar-refractivity contribution in [3.05, 3.63) is 45.6 Å². The van der Waals surface area contributed by atoms with Crippen molar-refractivity contribution in [2.75, 3.05) is 11.9 Å². The number of hydrogen-bond acceptors (Lipinski definition) is 2. The van der Waals surface area contributed by atoms with Gasteiger partial charge in [-0.1, -0.05) is 13.3 Å². The third-order valence-corrected chi connectivity index (χ3v) is 4.56. The number of rotatable bonds is 3. The molecular formula is C15H16BrF2N3. The van der Waals surface area contributed by atoms with Crippen LogP contribution in [0.5, 0.6) is 0 Å². The van der Waals surface area contributed by atoms with Crippen LogP contribution in [-0.4, -0.2) is 16.3 Å². The van der Waals surface area contributed by atoms with Gasteiger partial charge in [-0.05, 0) is 47.0 Å². The second-order valence-electron chi connectivity index (χ2n) is 5.20. The Morgan fingerprint density at radius 3 is 3.00 bits per heavy atom. The molecule has 21 heavy (non-hydrogen) atoms. The van der Waals surface area contributed by atoms with Crippen molar-refractivity contribution >= 4 is 21.7 Å². The number of nitrogens with one attached hydrogen (secondary N) is 1. The highest BCUT2D eigenvalue weighted by Crippen LogP contribution is 2.37. The van der Waals surface area contributed by atoms with Crippen molar-refractivity contribution in [2.24, 2.45) is 0 Å². The Balaban J connectivity index is 2.08. The van der Waals surface area contributed by atoms with E-state index in [-0.39, 0.29) is 6.04 Å². The molecule has 112 valence electrons. The maximum Gasteiger partial charge on any atom is 0.139 e. The summed E-state index contributed by atoms with van der Waals surface area (Å²) in [6.07, 6.45) is 2.50. The summed E-state index contributed by atoms with van der Waals surface area (Å²) >= 11 is 3.56. The number of fused-ring (bicyclic) bond motifs is 1. The van der Waals surface area contributed by atoms with Gasteiger partial charge in [-0.3, -0.25) is 0 Å². The van der Waals surface area contributed by atoms with Gasteiger partial charge in [0.05, 0.1) is 16.2 Å². The highest BCUT2D eigenvalue weighted by atomic mass is 79.9. The molecule has 1 aliphatic rings. The van der Waals surface area contributed by atoms with E-state index < -0.39 is 11.6 Å². The molecule has 3 nitrogen and oxygen atoms in total. The molecular weight excluding hydrogens is 340 g/mol. The number of hydrogen-bond donors (Lipinski definition) is 1. The van der Waals surface area contributed by atoms with Gasteiger partial charge < -0.3 is 5.32 Å². The molecule has 2 aromatic rings. The van der Waals surface area contributed by atoms with E-state index in [2.05, 4.69) is 33.3 Å². The summed E-state index contributed by atoms with van der Waals surface area (Å²) in [5.74, 6) is 0.0303. The summed E-state index contributed by atoms with van der Waals surface area (Å²) in [7, 11) is 0. The van der Waals surface area contributed by atoms with Gasteiger partial charge in [0.1, 0.15) is 17.5 Å². The Bertz CT molecular complexity index is 669. The van der Waals surface area contributed by atoms with Gasteiger partial charge in [0.2, 0.25) is 0 Å². The molecule has 0 aliphatic carbocycles. The van der Waals surface area contributed by atoms with Gasteiger partial charge in [-0.15, -0.1) is 0 Å². The highest BCUT2D eigenvalue weighted by Gasteiger charge is 2.28. The molecule has 6 heteroatoms. The third kappa shape index (κ3) is 2.57. The molecule has 0 radical (unpaired) electrons. The van der Waals surface area contributed by atoms with E-state index in [4.69, 9.17) is 0 Å². The van der Waals surface area contributed by atoms with E-state index >= 15 is 0 Å². The van der Waals surface area contributed by atoms with Crippen molar-refractivity contribution in [3.63, 3.8) is 0 Å². The fourth-order valence-corrected chi connectivity index (χ4v) is 3.35. The van der Waals surface area contributed by atoms with Crippen LogP contribution in [0.25, 0.3) is 0 Å². The van der Waals surface area contributed by atoms with E-state index in [1.807, 2.05) is 0 Å². The molecule has 1 aromatic heterocycles. The van der Waals surface area contributed by atoms with Crippen molar-refractivity contribution in [2.45, 2.75) is 32.2 Å². The Morgan fingerprint density at radius 2 is 2.24 bits per heavy atom. The number of benzene rings is 1. The number of aromatic nitrogens is 2. The van der Waals surface area contributed by atoms with E-state index in [1.165, 1.54) is 12.1 Å². The molecule has 0 saturated carbocycles. The smallest absolute Gasteiger partial charge is 0.139 e. The summed E-state index contributed by atoms with van der Waals surface area (Å²) in [6, 6.07) is 3.31. The Kier molecular flexibility index (Phi) is 3.97. The lowest BCUT2D eigenvalue weighted by Crippen LogP contribution is -2.25. The average molecular weight is 356 g/mol. The number of nitrogens with zero attached hydrogens (tertiary/aromatic N) is 2. The molecule has 0 bridgehead atoms. The van der Waals surface area contributed by atoms with Crippen LogP contribution < -0.4 is 5.32 Å². The molecule has 1 atom stereocenters. The second kappa shape index (κ2) is 5.75. The predicted molar refractivity (Wildman–Crippen MR) is 81.5 cm³/mol. The Morgan fingerprint density at radius 1 is 1.43 bits per heavy atom. The van der Waals surface area contributed by atoms with Gasteiger partial charge in [0.15, 0.2) is 0 Å². The second-order valence-corrected chi connectivity index (χ2v) is 5.99. The van der Waals surface area contributed by atoms with Crippen LogP contribution in [0.1, 0.15) is 37.1 Å². The maximum atomic E-state index is 14.1. The van der Waals surface area contributed by atoms with Crippen molar-refractivity contribution in [1.29, 1.82) is 0 Å². The summed E-state index contributed by atoms with van der Waals surface area (Å²) < 4.78 is 30.2. The number of anilines is 1. The van der Waals surface area contributed by atoms with Crippen molar-refractivity contribution < 1.29 is 8.78 Å². The van der Waals surface area contributed by atoms with Gasteiger partial charge in [0.25, 0.3) is 0 Å². The normalized spacial score (nSPS) is 17.4. The van der Waals surface area contributed by atoms with E-state index in [9.17, 15) is 8.78 Å². The topological polar surface area (TPSA) is 29.9 Å². The first kappa shape index (κ1) is 14.5. The minimum Gasteiger partial charge on any atom is -0.369 e. The molecule has 0 fully saturated rings. The quantitative estimate of drug-likeness (QED) is 0.890. The zero-order valence-corrected chi connectivity index (χ0v) is 13.3. The zero-order valence-electron chi connectivity index (χ0n) is 11.7. The lowest BCUT2D eigenvalue weighted by atomic mass is 10.0. The van der Waals surface area contributed by atoms with Crippen LogP contribution >= 0.6 is 15.9 Å². The molecule has 0 saturated heterocycles. The maximum absolute atomic E-state index is 14.1. The third-order valence-electron chi connectivity index (χ3n) is 3.73. The van der Waals surface area contributed by atoms with Gasteiger partial charge in [0, 0.05) is 12.1 Å². The van der Waals surface area contributed by atoms with Crippen LogP contribution in [0.2, 0.25) is 0 Å². The monoisotopic (exact) mass is 355 g/mol. The van der Waals surface area contributed by atoms with Crippen LogP contribution in [0.15, 0.2) is 22.7 Å². The first-order chi connectivity index (χ1) is 10.1. The molecule has 1 N–H and O–H groups in total. The molecule has 3 rings (SSSR count). The van der Waals surface area contributed by atoms with Crippen LogP contribution in [0, 0.1) is 11.6 Å². The SMILES string of the molecule is CCCc1nn2c(c1Br)NCCC2c1cc(F)ccc1F. The minimum atomic E-state index is -0.425. The fourth-order valence-electron chi connectivity index (χ4n) is 2.75. The largest absolute Gasteiger partial charge is 0.369 e. The zero-order chi connectivity index (χ0) is 15.0. The first-order valence-corrected chi connectivity index (χ1v) is 7.86. The summed E-state index contributed by atoms with van der Waals surface area (Å²) in [5, 5.41) is 7.87. The lowest BCUT2D eigenvalue weighted by molar-refractivity contribution is 0.451. The van der Waals surface area contributed by atoms with Crippen LogP contribution in [-0.2, 0) is 6.42 Å². The molecule has 2 heterocycles. The summed E-state index contributed by atoms with van der Waals surface area (Å²) in [6.45, 7) is 2.79. The van der Waals surface area contributed by atoms with Crippen molar-refractivity contribution in [1.82, 2.24) is 9.78 Å².